The van der Waals surface area contributed by atoms with Crippen molar-refractivity contribution >= 4 is 5.91 Å². The molecule has 8 heteroatoms. The fourth-order valence-corrected chi connectivity index (χ4v) is 4.28. The summed E-state index contributed by atoms with van der Waals surface area (Å²) in [4.78, 5) is 17.9. The van der Waals surface area contributed by atoms with Crippen molar-refractivity contribution in [2.24, 2.45) is 11.8 Å². The molecule has 3 atom stereocenters. The Morgan fingerprint density at radius 2 is 1.84 bits per heavy atom. The number of nitrogens with one attached hydrogen (secondary N) is 1. The summed E-state index contributed by atoms with van der Waals surface area (Å²) in [6, 6.07) is 5.84. The van der Waals surface area contributed by atoms with Gasteiger partial charge >= 0.3 is 6.18 Å². The zero-order chi connectivity index (χ0) is 17.6. The number of H-pyrrole nitrogens is 1. The Labute approximate surface area is 142 Å². The van der Waals surface area contributed by atoms with Crippen LogP contribution in [0.4, 0.5) is 13.2 Å². The second-order valence-electron chi connectivity index (χ2n) is 6.81. The van der Waals surface area contributed by atoms with E-state index < -0.39 is 11.7 Å². The molecule has 1 N–H and O–H groups in total. The quantitative estimate of drug-likeness (QED) is 0.905. The molecule has 1 amide bonds. The second-order valence-corrected chi connectivity index (χ2v) is 6.81. The molecule has 0 unspecified atom stereocenters. The topological polar surface area (TPSA) is 61.9 Å². The van der Waals surface area contributed by atoms with E-state index in [0.717, 1.165) is 6.07 Å². The largest absolute Gasteiger partial charge is 0.416 e. The molecule has 0 spiro atoms. The van der Waals surface area contributed by atoms with E-state index in [9.17, 15) is 18.0 Å². The summed E-state index contributed by atoms with van der Waals surface area (Å²) in [5.41, 5.74) is -0.148. The van der Waals surface area contributed by atoms with Crippen LogP contribution in [0.3, 0.4) is 0 Å². The number of carbonyl (C=O) groups excluding carboxylic acids is 1. The van der Waals surface area contributed by atoms with Crippen molar-refractivity contribution in [3.8, 4) is 0 Å². The maximum absolute atomic E-state index is 13.2. The highest BCUT2D eigenvalue weighted by atomic mass is 19.4. The number of likely N-dealkylation sites (tertiary alicyclic amines) is 1. The smallest absolute Gasteiger partial charge is 0.335 e. The molecule has 1 saturated heterocycles. The number of aromatic nitrogens is 3. The molecule has 1 saturated carbocycles. The number of alkyl halides is 3. The van der Waals surface area contributed by atoms with Gasteiger partial charge in [0.05, 0.1) is 5.56 Å². The minimum atomic E-state index is -4.33. The summed E-state index contributed by atoms with van der Waals surface area (Å²) in [6.45, 7) is 1.12. The predicted molar refractivity (Wildman–Crippen MR) is 82.7 cm³/mol. The molecule has 1 aliphatic carbocycles. The van der Waals surface area contributed by atoms with E-state index in [1.807, 2.05) is 0 Å². The maximum atomic E-state index is 13.2. The molecule has 132 valence electrons. The highest BCUT2D eigenvalue weighted by Gasteiger charge is 2.45. The predicted octanol–water partition coefficient (Wildman–Crippen LogP) is 3.09. The lowest BCUT2D eigenvalue weighted by Crippen LogP contribution is -2.30. The number of halogens is 3. The van der Waals surface area contributed by atoms with Gasteiger partial charge in [-0.3, -0.25) is 9.89 Å². The summed E-state index contributed by atoms with van der Waals surface area (Å²) in [5, 5.41) is 6.32. The van der Waals surface area contributed by atoms with Crippen molar-refractivity contribution in [3.05, 3.63) is 47.5 Å². The van der Waals surface area contributed by atoms with Gasteiger partial charge < -0.3 is 4.90 Å². The van der Waals surface area contributed by atoms with Crippen molar-refractivity contribution in [2.75, 3.05) is 13.1 Å². The molecule has 2 aromatic rings. The Morgan fingerprint density at radius 3 is 2.44 bits per heavy atom. The minimum Gasteiger partial charge on any atom is -0.335 e. The van der Waals surface area contributed by atoms with Gasteiger partial charge in [0, 0.05) is 13.1 Å². The van der Waals surface area contributed by atoms with Gasteiger partial charge in [-0.05, 0) is 42.2 Å². The lowest BCUT2D eigenvalue weighted by Gasteiger charge is -2.21. The first-order valence-corrected chi connectivity index (χ1v) is 8.24. The van der Waals surface area contributed by atoms with Crippen LogP contribution in [0.25, 0.3) is 0 Å². The Morgan fingerprint density at radius 1 is 1.16 bits per heavy atom. The van der Waals surface area contributed by atoms with Crippen LogP contribution in [0.5, 0.6) is 0 Å². The van der Waals surface area contributed by atoms with Crippen molar-refractivity contribution in [1.82, 2.24) is 20.1 Å². The van der Waals surface area contributed by atoms with Crippen molar-refractivity contribution < 1.29 is 18.0 Å². The number of aromatic amines is 1. The van der Waals surface area contributed by atoms with Crippen LogP contribution in [0, 0.1) is 11.8 Å². The van der Waals surface area contributed by atoms with E-state index in [0.29, 0.717) is 31.5 Å². The van der Waals surface area contributed by atoms with Gasteiger partial charge in [-0.25, -0.2) is 4.98 Å². The van der Waals surface area contributed by atoms with Gasteiger partial charge in [-0.2, -0.15) is 13.2 Å². The molecular weight excluding hydrogens is 333 g/mol. The van der Waals surface area contributed by atoms with Crippen LogP contribution in [0.15, 0.2) is 30.6 Å². The Hall–Kier alpha value is -2.38. The highest BCUT2D eigenvalue weighted by molar-refractivity contribution is 5.90. The van der Waals surface area contributed by atoms with Gasteiger partial charge in [0.2, 0.25) is 5.82 Å². The van der Waals surface area contributed by atoms with E-state index >= 15 is 0 Å². The van der Waals surface area contributed by atoms with Crippen LogP contribution in [-0.2, 0) is 6.18 Å². The standard InChI is InChI=1S/C17H17F3N4O/c18-17(19,20)14-4-2-1-3-13(14)10-5-11-7-24(8-12(11)6-10)16(25)15-21-9-22-23-15/h1-4,9-12H,5-8H2,(H,21,22,23)/t10-,11-,12+. The molecule has 1 aromatic heterocycles. The fraction of sp³-hybridized carbons (Fsp3) is 0.471. The Bertz CT molecular complexity index is 760. The van der Waals surface area contributed by atoms with E-state index in [1.54, 1.807) is 17.0 Å². The van der Waals surface area contributed by atoms with Crippen LogP contribution < -0.4 is 0 Å². The molecule has 0 radical (unpaired) electrons. The average molecular weight is 350 g/mol. The number of amides is 1. The van der Waals surface area contributed by atoms with E-state index in [-0.39, 0.29) is 29.5 Å². The molecule has 2 fully saturated rings. The average Bonchev–Trinajstić information content (AvgIpc) is 3.29. The molecule has 0 bridgehead atoms. The molecule has 4 rings (SSSR count). The lowest BCUT2D eigenvalue weighted by atomic mass is 9.91. The van der Waals surface area contributed by atoms with Gasteiger partial charge in [0.1, 0.15) is 6.33 Å². The van der Waals surface area contributed by atoms with Crippen LogP contribution >= 0.6 is 0 Å². The van der Waals surface area contributed by atoms with E-state index in [2.05, 4.69) is 15.2 Å². The minimum absolute atomic E-state index is 0.103. The maximum Gasteiger partial charge on any atom is 0.416 e. The Balaban J connectivity index is 1.48. The summed E-state index contributed by atoms with van der Waals surface area (Å²) in [5.74, 6) is 0.277. The third kappa shape index (κ3) is 2.89. The number of nitrogens with zero attached hydrogens (tertiary/aromatic N) is 3. The molecule has 1 aromatic carbocycles. The van der Waals surface area contributed by atoms with Crippen LogP contribution in [-0.4, -0.2) is 39.1 Å². The van der Waals surface area contributed by atoms with Crippen LogP contribution in [0.1, 0.15) is 40.5 Å². The van der Waals surface area contributed by atoms with Crippen LogP contribution in [0.2, 0.25) is 0 Å². The van der Waals surface area contributed by atoms with Gasteiger partial charge in [-0.15, -0.1) is 5.10 Å². The molecule has 2 heterocycles. The molecule has 25 heavy (non-hydrogen) atoms. The van der Waals surface area contributed by atoms with Crippen molar-refractivity contribution in [1.29, 1.82) is 0 Å². The highest BCUT2D eigenvalue weighted by Crippen LogP contribution is 2.48. The SMILES string of the molecule is O=C(c1nc[nH]n1)N1C[C@H]2C[C@@H](c3ccccc3C(F)(F)F)C[C@H]2C1. The summed E-state index contributed by atoms with van der Waals surface area (Å²) in [6.07, 6.45) is -1.62. The zero-order valence-electron chi connectivity index (χ0n) is 13.3. The van der Waals surface area contributed by atoms with Crippen molar-refractivity contribution in [2.45, 2.75) is 24.9 Å². The van der Waals surface area contributed by atoms with E-state index in [4.69, 9.17) is 0 Å². The molecular formula is C17H17F3N4O. The van der Waals surface area contributed by atoms with Gasteiger partial charge in [0.15, 0.2) is 0 Å². The first-order valence-electron chi connectivity index (χ1n) is 8.24. The molecule has 5 nitrogen and oxygen atoms in total. The number of rotatable bonds is 2. The number of benzene rings is 1. The van der Waals surface area contributed by atoms with Gasteiger partial charge in [0.25, 0.3) is 5.91 Å². The summed E-state index contributed by atoms with van der Waals surface area (Å²) in [7, 11) is 0. The molecule has 2 aliphatic rings. The monoisotopic (exact) mass is 350 g/mol. The second kappa shape index (κ2) is 5.86. The van der Waals surface area contributed by atoms with E-state index in [1.165, 1.54) is 12.4 Å². The zero-order valence-corrected chi connectivity index (χ0v) is 13.3. The number of hydrogen-bond acceptors (Lipinski definition) is 3. The third-order valence-electron chi connectivity index (χ3n) is 5.35. The first kappa shape index (κ1) is 16.1. The van der Waals surface area contributed by atoms with Gasteiger partial charge in [-0.1, -0.05) is 18.2 Å². The van der Waals surface area contributed by atoms with Crippen molar-refractivity contribution in [3.63, 3.8) is 0 Å². The molecule has 1 aliphatic heterocycles. The number of fused-ring (bicyclic) bond motifs is 1. The third-order valence-corrected chi connectivity index (χ3v) is 5.35. The summed E-state index contributed by atoms with van der Waals surface area (Å²) < 4.78 is 39.7. The normalized spacial score (nSPS) is 26.0. The lowest BCUT2D eigenvalue weighted by molar-refractivity contribution is -0.138. The Kier molecular flexibility index (Phi) is 3.77. The fourth-order valence-electron chi connectivity index (χ4n) is 4.28. The summed E-state index contributed by atoms with van der Waals surface area (Å²) >= 11 is 0. The first-order chi connectivity index (χ1) is 11.9. The number of hydrogen-bond donors (Lipinski definition) is 1. The number of carbonyl (C=O) groups is 1.